The van der Waals surface area contributed by atoms with Crippen molar-refractivity contribution in [3.8, 4) is 0 Å². The number of hydrogen-bond donors (Lipinski definition) is 1. The smallest absolute Gasteiger partial charge is 0.0406 e. The van der Waals surface area contributed by atoms with E-state index in [1.807, 2.05) is 24.3 Å². The van der Waals surface area contributed by atoms with E-state index in [-0.39, 0.29) is 6.04 Å². The van der Waals surface area contributed by atoms with E-state index in [2.05, 4.69) is 43.3 Å². The van der Waals surface area contributed by atoms with Crippen LogP contribution < -0.4 is 5.73 Å². The Labute approximate surface area is 130 Å². The maximum Gasteiger partial charge on any atom is 0.0406 e. The van der Waals surface area contributed by atoms with E-state index < -0.39 is 0 Å². The van der Waals surface area contributed by atoms with Crippen molar-refractivity contribution in [3.63, 3.8) is 0 Å². The minimum absolute atomic E-state index is 0.0170. The van der Waals surface area contributed by atoms with Gasteiger partial charge in [-0.05, 0) is 52.9 Å². The first-order chi connectivity index (χ1) is 10.1. The molecule has 1 unspecified atom stereocenters. The van der Waals surface area contributed by atoms with Crippen LogP contribution >= 0.6 is 11.6 Å². The first-order valence-corrected chi connectivity index (χ1v) is 7.51. The first kappa shape index (κ1) is 14.1. The van der Waals surface area contributed by atoms with Crippen molar-refractivity contribution in [2.75, 3.05) is 0 Å². The quantitative estimate of drug-likeness (QED) is 0.719. The van der Waals surface area contributed by atoms with Gasteiger partial charge >= 0.3 is 0 Å². The van der Waals surface area contributed by atoms with Crippen LogP contribution in [0.3, 0.4) is 0 Å². The molecule has 2 N–H and O–H groups in total. The zero-order valence-electron chi connectivity index (χ0n) is 12.0. The predicted octanol–water partition coefficient (Wildman–Crippen LogP) is 5.04. The minimum atomic E-state index is -0.0170. The number of fused-ring (bicyclic) bond motifs is 1. The molecule has 0 aromatic heterocycles. The van der Waals surface area contributed by atoms with Gasteiger partial charge in [0.15, 0.2) is 0 Å². The number of aryl methyl sites for hydroxylation is 1. The highest BCUT2D eigenvalue weighted by atomic mass is 35.5. The molecule has 3 aromatic carbocycles. The normalized spacial score (nSPS) is 12.5. The van der Waals surface area contributed by atoms with Crippen molar-refractivity contribution in [2.24, 2.45) is 5.73 Å². The zero-order chi connectivity index (χ0) is 14.8. The number of halogens is 1. The van der Waals surface area contributed by atoms with Crippen LogP contribution in [0, 0.1) is 6.92 Å². The van der Waals surface area contributed by atoms with E-state index >= 15 is 0 Å². The molecule has 21 heavy (non-hydrogen) atoms. The van der Waals surface area contributed by atoms with Gasteiger partial charge in [-0.3, -0.25) is 0 Å². The Morgan fingerprint density at radius 1 is 0.905 bits per heavy atom. The molecule has 3 rings (SSSR count). The van der Waals surface area contributed by atoms with Gasteiger partial charge in [0, 0.05) is 11.1 Å². The highest BCUT2D eigenvalue weighted by Gasteiger charge is 2.11. The summed E-state index contributed by atoms with van der Waals surface area (Å²) in [6, 6.07) is 20.6. The van der Waals surface area contributed by atoms with E-state index in [1.54, 1.807) is 0 Å². The Kier molecular flexibility index (Phi) is 3.96. The molecular formula is C19H18ClN. The Balaban J connectivity index is 1.96. The highest BCUT2D eigenvalue weighted by molar-refractivity contribution is 6.30. The van der Waals surface area contributed by atoms with Gasteiger partial charge in [0.2, 0.25) is 0 Å². The molecule has 0 aliphatic heterocycles. The SMILES string of the molecule is Cc1ccc(C(N)Cc2ccc(Cl)cc2)c2ccccc12. The summed E-state index contributed by atoms with van der Waals surface area (Å²) in [5.41, 5.74) is 10.1. The van der Waals surface area contributed by atoms with Gasteiger partial charge in [-0.1, -0.05) is 60.1 Å². The van der Waals surface area contributed by atoms with Gasteiger partial charge in [0.05, 0.1) is 0 Å². The summed E-state index contributed by atoms with van der Waals surface area (Å²) >= 11 is 5.93. The Morgan fingerprint density at radius 3 is 2.29 bits per heavy atom. The molecular weight excluding hydrogens is 278 g/mol. The average molecular weight is 296 g/mol. The Hall–Kier alpha value is -1.83. The molecule has 0 saturated carbocycles. The lowest BCUT2D eigenvalue weighted by Crippen LogP contribution is -2.14. The third kappa shape index (κ3) is 2.94. The lowest BCUT2D eigenvalue weighted by atomic mass is 9.93. The summed E-state index contributed by atoms with van der Waals surface area (Å²) in [7, 11) is 0. The van der Waals surface area contributed by atoms with Gasteiger partial charge in [-0.2, -0.15) is 0 Å². The van der Waals surface area contributed by atoms with Crippen LogP contribution in [0.4, 0.5) is 0 Å². The van der Waals surface area contributed by atoms with E-state index in [4.69, 9.17) is 17.3 Å². The second-order valence-corrected chi connectivity index (χ2v) is 5.89. The van der Waals surface area contributed by atoms with Crippen LogP contribution in [0.5, 0.6) is 0 Å². The fourth-order valence-corrected chi connectivity index (χ4v) is 2.91. The van der Waals surface area contributed by atoms with Crippen molar-refractivity contribution in [3.05, 3.63) is 82.4 Å². The predicted molar refractivity (Wildman–Crippen MR) is 90.8 cm³/mol. The summed E-state index contributed by atoms with van der Waals surface area (Å²) in [6.45, 7) is 2.14. The molecule has 3 aromatic rings. The van der Waals surface area contributed by atoms with Crippen molar-refractivity contribution in [1.82, 2.24) is 0 Å². The Bertz CT molecular complexity index is 762. The van der Waals surface area contributed by atoms with Crippen LogP contribution in [0.1, 0.15) is 22.7 Å². The Morgan fingerprint density at radius 2 is 1.57 bits per heavy atom. The topological polar surface area (TPSA) is 26.0 Å². The maximum atomic E-state index is 6.45. The molecule has 1 nitrogen and oxygen atoms in total. The fourth-order valence-electron chi connectivity index (χ4n) is 2.78. The third-order valence-electron chi connectivity index (χ3n) is 3.94. The lowest BCUT2D eigenvalue weighted by Gasteiger charge is -2.16. The van der Waals surface area contributed by atoms with E-state index in [0.29, 0.717) is 0 Å². The lowest BCUT2D eigenvalue weighted by molar-refractivity contribution is 0.728. The second kappa shape index (κ2) is 5.88. The highest BCUT2D eigenvalue weighted by Crippen LogP contribution is 2.27. The molecule has 0 amide bonds. The summed E-state index contributed by atoms with van der Waals surface area (Å²) in [5, 5.41) is 3.29. The van der Waals surface area contributed by atoms with Crippen LogP contribution in [-0.4, -0.2) is 0 Å². The van der Waals surface area contributed by atoms with Gasteiger partial charge < -0.3 is 5.73 Å². The molecule has 0 radical (unpaired) electrons. The number of nitrogens with two attached hydrogens (primary N) is 1. The van der Waals surface area contributed by atoms with E-state index in [9.17, 15) is 0 Å². The number of rotatable bonds is 3. The van der Waals surface area contributed by atoms with E-state index in [1.165, 1.54) is 27.5 Å². The van der Waals surface area contributed by atoms with Gasteiger partial charge in [0.25, 0.3) is 0 Å². The minimum Gasteiger partial charge on any atom is -0.324 e. The molecule has 0 aliphatic carbocycles. The monoisotopic (exact) mass is 295 g/mol. The van der Waals surface area contributed by atoms with Crippen LogP contribution in [0.2, 0.25) is 5.02 Å². The molecule has 0 saturated heterocycles. The van der Waals surface area contributed by atoms with Crippen LogP contribution in [-0.2, 0) is 6.42 Å². The molecule has 106 valence electrons. The summed E-state index contributed by atoms with van der Waals surface area (Å²) in [5.74, 6) is 0. The largest absolute Gasteiger partial charge is 0.324 e. The molecule has 0 fully saturated rings. The maximum absolute atomic E-state index is 6.45. The number of hydrogen-bond acceptors (Lipinski definition) is 1. The van der Waals surface area contributed by atoms with Crippen molar-refractivity contribution in [1.29, 1.82) is 0 Å². The van der Waals surface area contributed by atoms with Crippen molar-refractivity contribution >= 4 is 22.4 Å². The van der Waals surface area contributed by atoms with Gasteiger partial charge in [-0.15, -0.1) is 0 Å². The van der Waals surface area contributed by atoms with Crippen LogP contribution in [0.15, 0.2) is 60.7 Å². The zero-order valence-corrected chi connectivity index (χ0v) is 12.8. The first-order valence-electron chi connectivity index (χ1n) is 7.13. The third-order valence-corrected chi connectivity index (χ3v) is 4.20. The van der Waals surface area contributed by atoms with Crippen LogP contribution in [0.25, 0.3) is 10.8 Å². The molecule has 2 heteroatoms. The summed E-state index contributed by atoms with van der Waals surface area (Å²) < 4.78 is 0. The molecule has 1 atom stereocenters. The van der Waals surface area contributed by atoms with Crippen molar-refractivity contribution in [2.45, 2.75) is 19.4 Å². The molecule has 0 heterocycles. The van der Waals surface area contributed by atoms with E-state index in [0.717, 1.165) is 11.4 Å². The molecule has 0 aliphatic rings. The van der Waals surface area contributed by atoms with Gasteiger partial charge in [0.1, 0.15) is 0 Å². The number of benzene rings is 3. The van der Waals surface area contributed by atoms with Crippen molar-refractivity contribution < 1.29 is 0 Å². The summed E-state index contributed by atoms with van der Waals surface area (Å²) in [4.78, 5) is 0. The van der Waals surface area contributed by atoms with Gasteiger partial charge in [-0.25, -0.2) is 0 Å². The summed E-state index contributed by atoms with van der Waals surface area (Å²) in [6.07, 6.45) is 0.810. The molecule has 0 spiro atoms. The second-order valence-electron chi connectivity index (χ2n) is 5.45. The molecule has 0 bridgehead atoms. The standard InChI is InChI=1S/C19H18ClN/c1-13-6-11-18(17-5-3-2-4-16(13)17)19(21)12-14-7-9-15(20)10-8-14/h2-11,19H,12,21H2,1H3. The fraction of sp³-hybridized carbons (Fsp3) is 0.158. The average Bonchev–Trinajstić information content (AvgIpc) is 2.50.